The monoisotopic (exact) mass is 917 g/mol. The number of anilines is 2. The summed E-state index contributed by atoms with van der Waals surface area (Å²) in [6.07, 6.45) is 8.46. The Morgan fingerprint density at radius 1 is 0.892 bits per heavy atom. The predicted molar refractivity (Wildman–Crippen MR) is 238 cm³/mol. The van der Waals surface area contributed by atoms with Crippen molar-refractivity contribution in [3.8, 4) is 0 Å². The zero-order valence-corrected chi connectivity index (χ0v) is 37.6. The van der Waals surface area contributed by atoms with Gasteiger partial charge in [0.2, 0.25) is 22.5 Å². The number of fused-ring (bicyclic) bond motifs is 2. The fraction of sp³-hybridized carbons (Fsp3) is 0.644. The van der Waals surface area contributed by atoms with Crippen LogP contribution in [0.1, 0.15) is 104 Å². The Labute approximate surface area is 376 Å². The predicted octanol–water partition coefficient (Wildman–Crippen LogP) is 2.74. The molecule has 7 aliphatic rings. The van der Waals surface area contributed by atoms with Crippen LogP contribution in [0.25, 0.3) is 11.0 Å². The molecule has 1 unspecified atom stereocenters. The number of hydrogen-bond acceptors (Lipinski definition) is 14. The molecule has 3 atom stereocenters. The first-order valence-electron chi connectivity index (χ1n) is 23.4. The van der Waals surface area contributed by atoms with Gasteiger partial charge in [-0.25, -0.2) is 26.9 Å². The van der Waals surface area contributed by atoms with Crippen LogP contribution in [0.2, 0.25) is 0 Å². The Kier molecular flexibility index (Phi) is 11.6. The summed E-state index contributed by atoms with van der Waals surface area (Å²) >= 11 is 0. The fourth-order valence-electron chi connectivity index (χ4n) is 11.6. The lowest BCUT2D eigenvalue weighted by atomic mass is 9.92. The van der Waals surface area contributed by atoms with E-state index in [2.05, 4.69) is 20.1 Å². The number of carbonyl (C=O) groups excluding carboxylic acids is 3. The summed E-state index contributed by atoms with van der Waals surface area (Å²) < 4.78 is 46.7. The van der Waals surface area contributed by atoms with Gasteiger partial charge in [-0.15, -0.1) is 0 Å². The molecule has 2 aromatic heterocycles. The van der Waals surface area contributed by atoms with E-state index in [0.717, 1.165) is 63.0 Å². The van der Waals surface area contributed by atoms with Crippen LogP contribution in [0, 0.1) is 16.6 Å². The standard InChI is InChI=1S/C45H57FN10O8S/c1-45(61)14-2-3-38(45)56-40(58)6-4-29-23-47-44(49-41(29)56)48-30-10-19-53(20-11-30)65(63,64)33-12-15-50(16-13-33)24-28-8-17-51(18-9-28)32-25-52(26-32)37-22-35-34(21-36(37)46)42(59)55(43(35)60)31-5-7-39(57)54(62)27-31/h4,6,21-23,28,30-33,38,61H,2-3,5,7-20,24-27H2,1H3/p+1/t31?,38-,45-/m1/s1. The summed E-state index contributed by atoms with van der Waals surface area (Å²) in [6, 6.07) is 4.91. The second kappa shape index (κ2) is 17.2. The van der Waals surface area contributed by atoms with Crippen LogP contribution in [0.15, 0.2) is 35.3 Å². The van der Waals surface area contributed by atoms with E-state index in [1.807, 2.05) is 4.90 Å². The number of amides is 3. The molecule has 3 aromatic rings. The number of hydrogen-bond donors (Lipinski definition) is 2. The molecule has 5 saturated heterocycles. The second-order valence-corrected chi connectivity index (χ2v) is 21.9. The number of aromatic nitrogens is 3. The topological polar surface area (TPSA) is 202 Å². The number of benzene rings is 1. The van der Waals surface area contributed by atoms with E-state index in [-0.39, 0.29) is 64.6 Å². The summed E-state index contributed by atoms with van der Waals surface area (Å²) in [4.78, 5) is 80.2. The van der Waals surface area contributed by atoms with E-state index in [4.69, 9.17) is 4.98 Å². The molecule has 348 valence electrons. The zero-order valence-electron chi connectivity index (χ0n) is 36.8. The summed E-state index contributed by atoms with van der Waals surface area (Å²) in [5.41, 5.74) is -0.324. The molecule has 2 N–H and O–H groups in total. The molecule has 0 bridgehead atoms. The first kappa shape index (κ1) is 44.1. The van der Waals surface area contributed by atoms with Crippen LogP contribution < -0.4 is 15.8 Å². The van der Waals surface area contributed by atoms with Crippen molar-refractivity contribution in [2.75, 3.05) is 75.7 Å². The van der Waals surface area contributed by atoms with Crippen molar-refractivity contribution >= 4 is 50.4 Å². The summed E-state index contributed by atoms with van der Waals surface area (Å²) in [7, 11) is -3.46. The molecular formula is C45H58FN10O8S+. The van der Waals surface area contributed by atoms with Gasteiger partial charge < -0.3 is 20.2 Å². The number of nitrogens with zero attached hydrogens (tertiary/aromatic N) is 9. The molecule has 1 aliphatic carbocycles. The van der Waals surface area contributed by atoms with Crippen LogP contribution in [-0.4, -0.2) is 164 Å². The maximum atomic E-state index is 15.4. The summed E-state index contributed by atoms with van der Waals surface area (Å²) in [5, 5.41) is 14.7. The Bertz CT molecular complexity index is 2580. The van der Waals surface area contributed by atoms with Gasteiger partial charge in [-0.05, 0) is 121 Å². The minimum absolute atomic E-state index is 0.0116. The van der Waals surface area contributed by atoms with Crippen LogP contribution in [-0.2, 0) is 14.8 Å². The number of nitrogens with one attached hydrogen (secondary N) is 1. The van der Waals surface area contributed by atoms with Gasteiger partial charge in [-0.2, -0.15) is 4.98 Å². The molecule has 0 radical (unpaired) electrons. The molecule has 10 rings (SSSR count). The van der Waals surface area contributed by atoms with E-state index in [0.29, 0.717) is 87.6 Å². The van der Waals surface area contributed by atoms with E-state index in [1.165, 1.54) is 12.1 Å². The number of piperidine rings is 4. The Balaban J connectivity index is 0.660. The SMILES string of the molecule is C[C@@]1(O)CCC[C@H]1n1c(=O)ccc2cnc(NC3CCN(S(=O)(=O)C4CCN(CC5CCN(C6CN(c7cc8c(cc7F)C(=O)N(C7CCC(=O)[N+](=O)C7)C8=O)C6)CC5)CC4)CC3)nc21. The molecule has 6 aliphatic heterocycles. The molecule has 1 saturated carbocycles. The summed E-state index contributed by atoms with van der Waals surface area (Å²) in [5.74, 6) is -1.44. The number of carbonyl (C=O) groups is 3. The van der Waals surface area contributed by atoms with Gasteiger partial charge >= 0.3 is 5.91 Å². The normalized spacial score (nSPS) is 27.6. The van der Waals surface area contributed by atoms with Gasteiger partial charge in [-0.1, -0.05) is 0 Å². The van der Waals surface area contributed by atoms with Crippen molar-refractivity contribution in [3.05, 3.63) is 62.7 Å². The molecule has 8 heterocycles. The van der Waals surface area contributed by atoms with Crippen molar-refractivity contribution in [1.29, 1.82) is 0 Å². The Morgan fingerprint density at radius 3 is 2.28 bits per heavy atom. The summed E-state index contributed by atoms with van der Waals surface area (Å²) in [6.45, 7) is 7.81. The van der Waals surface area contributed by atoms with E-state index in [9.17, 15) is 37.6 Å². The molecule has 65 heavy (non-hydrogen) atoms. The van der Waals surface area contributed by atoms with E-state index in [1.54, 1.807) is 28.1 Å². The van der Waals surface area contributed by atoms with Crippen LogP contribution >= 0.6 is 0 Å². The molecule has 20 heteroatoms. The van der Waals surface area contributed by atoms with E-state index < -0.39 is 50.5 Å². The molecule has 6 fully saturated rings. The van der Waals surface area contributed by atoms with Gasteiger partial charge in [0.05, 0.1) is 44.9 Å². The van der Waals surface area contributed by atoms with Crippen molar-refractivity contribution in [2.45, 2.75) is 113 Å². The number of pyridine rings is 1. The van der Waals surface area contributed by atoms with Gasteiger partial charge in [0.1, 0.15) is 17.5 Å². The third kappa shape index (κ3) is 8.27. The molecule has 1 aromatic carbocycles. The largest absolute Gasteiger partial charge is 0.433 e. The highest BCUT2D eigenvalue weighted by atomic mass is 32.2. The minimum atomic E-state index is -3.46. The number of rotatable bonds is 10. The molecular weight excluding hydrogens is 860 g/mol. The Hall–Kier alpha value is -4.76. The Morgan fingerprint density at radius 2 is 1.60 bits per heavy atom. The number of sulfonamides is 1. The molecule has 3 amide bonds. The van der Waals surface area contributed by atoms with Gasteiger partial charge in [-0.3, -0.25) is 28.8 Å². The minimum Gasteiger partial charge on any atom is -0.388 e. The van der Waals surface area contributed by atoms with Gasteiger partial charge in [0, 0.05) is 67.4 Å². The number of aliphatic hydroxyl groups is 1. The fourth-order valence-corrected chi connectivity index (χ4v) is 13.5. The lowest BCUT2D eigenvalue weighted by Crippen LogP contribution is -2.61. The smallest absolute Gasteiger partial charge is 0.388 e. The third-order valence-corrected chi connectivity index (χ3v) is 17.9. The zero-order chi connectivity index (χ0) is 45.4. The van der Waals surface area contributed by atoms with Crippen molar-refractivity contribution in [3.63, 3.8) is 0 Å². The number of halogens is 1. The second-order valence-electron chi connectivity index (χ2n) is 19.7. The quantitative estimate of drug-likeness (QED) is 0.222. The molecule has 18 nitrogen and oxygen atoms in total. The van der Waals surface area contributed by atoms with E-state index >= 15 is 4.39 Å². The van der Waals surface area contributed by atoms with Gasteiger partial charge in [0.15, 0.2) is 0 Å². The van der Waals surface area contributed by atoms with Crippen molar-refractivity contribution < 1.29 is 37.1 Å². The highest BCUT2D eigenvalue weighted by Crippen LogP contribution is 2.40. The number of likely N-dealkylation sites (tertiary alicyclic amines) is 2. The van der Waals surface area contributed by atoms with Gasteiger partial charge in [0.25, 0.3) is 17.4 Å². The van der Waals surface area contributed by atoms with Crippen molar-refractivity contribution in [1.82, 2.24) is 33.5 Å². The highest BCUT2D eigenvalue weighted by molar-refractivity contribution is 7.89. The first-order valence-corrected chi connectivity index (χ1v) is 24.9. The maximum absolute atomic E-state index is 15.4. The average Bonchev–Trinajstić information content (AvgIpc) is 3.74. The number of nitroso groups, excluding NO2 is 1. The average molecular weight is 918 g/mol. The van der Waals surface area contributed by atoms with Crippen LogP contribution in [0.4, 0.5) is 16.0 Å². The van der Waals surface area contributed by atoms with Crippen LogP contribution in [0.5, 0.6) is 0 Å². The highest BCUT2D eigenvalue weighted by Gasteiger charge is 2.48. The molecule has 0 spiro atoms. The maximum Gasteiger partial charge on any atom is 0.433 e. The van der Waals surface area contributed by atoms with Crippen LogP contribution in [0.3, 0.4) is 0 Å². The third-order valence-electron chi connectivity index (χ3n) is 15.5. The first-order chi connectivity index (χ1) is 31.1. The lowest BCUT2D eigenvalue weighted by Gasteiger charge is -2.49. The lowest BCUT2D eigenvalue weighted by molar-refractivity contribution is -0.481. The van der Waals surface area contributed by atoms with Crippen molar-refractivity contribution in [2.24, 2.45) is 5.92 Å². The number of imide groups is 1.